The highest BCUT2D eigenvalue weighted by atomic mass is 35.5. The maximum absolute atomic E-state index is 13.8. The summed E-state index contributed by atoms with van der Waals surface area (Å²) < 4.78 is 58.7. The maximum atomic E-state index is 13.8. The molecule has 4 rings (SSSR count). The lowest BCUT2D eigenvalue weighted by Crippen LogP contribution is -2.35. The number of nitrogens with zero attached hydrogens (tertiary/aromatic N) is 3. The van der Waals surface area contributed by atoms with Crippen LogP contribution < -0.4 is 10.3 Å². The van der Waals surface area contributed by atoms with Crippen molar-refractivity contribution < 1.29 is 21.9 Å². The zero-order valence-electron chi connectivity index (χ0n) is 17.6. The highest BCUT2D eigenvalue weighted by Crippen LogP contribution is 2.25. The molecule has 0 unspecified atom stereocenters. The Kier molecular flexibility index (Phi) is 6.51. The molecule has 1 aromatic heterocycles. The van der Waals surface area contributed by atoms with Crippen LogP contribution in [0.25, 0.3) is 0 Å². The van der Waals surface area contributed by atoms with Crippen LogP contribution in [0.4, 0.5) is 8.78 Å². The molecule has 1 aliphatic heterocycles. The molecule has 0 radical (unpaired) electrons. The van der Waals surface area contributed by atoms with E-state index in [0.29, 0.717) is 13.0 Å². The third-order valence-electron chi connectivity index (χ3n) is 5.47. The van der Waals surface area contributed by atoms with Crippen molar-refractivity contribution in [2.45, 2.75) is 26.1 Å². The zero-order valence-corrected chi connectivity index (χ0v) is 19.2. The Bertz CT molecular complexity index is 1380. The normalized spacial score (nSPS) is 14.2. The summed E-state index contributed by atoms with van der Waals surface area (Å²) in [5.74, 6) is -1.63. The van der Waals surface area contributed by atoms with Crippen molar-refractivity contribution in [1.82, 2.24) is 13.9 Å². The molecule has 0 spiro atoms. The SMILES string of the molecule is CS(=O)(=O)N1CCc2c(cccc2Cn2cnc(OCc3ccc(F)cc3F)c(Cl)c2=O)C1. The molecule has 0 atom stereocenters. The average molecular weight is 496 g/mol. The van der Waals surface area contributed by atoms with E-state index >= 15 is 0 Å². The smallest absolute Gasteiger partial charge is 0.276 e. The summed E-state index contributed by atoms with van der Waals surface area (Å²) in [4.78, 5) is 16.8. The van der Waals surface area contributed by atoms with E-state index in [1.807, 2.05) is 18.2 Å². The van der Waals surface area contributed by atoms with Gasteiger partial charge in [0, 0.05) is 24.7 Å². The number of ether oxygens (including phenoxy) is 1. The first kappa shape index (κ1) is 23.3. The third kappa shape index (κ3) is 5.07. The lowest BCUT2D eigenvalue weighted by Gasteiger charge is -2.28. The second kappa shape index (κ2) is 9.20. The van der Waals surface area contributed by atoms with Gasteiger partial charge in [0.25, 0.3) is 5.56 Å². The van der Waals surface area contributed by atoms with Crippen LogP contribution in [0.1, 0.15) is 22.3 Å². The summed E-state index contributed by atoms with van der Waals surface area (Å²) in [7, 11) is -3.29. The number of aromatic nitrogens is 2. The summed E-state index contributed by atoms with van der Waals surface area (Å²) in [6, 6.07) is 8.64. The molecule has 1 aliphatic rings. The van der Waals surface area contributed by atoms with E-state index in [-0.39, 0.29) is 36.2 Å². The van der Waals surface area contributed by atoms with E-state index in [1.54, 1.807) is 0 Å². The van der Waals surface area contributed by atoms with Gasteiger partial charge in [0.2, 0.25) is 15.9 Å². The van der Waals surface area contributed by atoms with Gasteiger partial charge in [0.1, 0.15) is 24.6 Å². The number of rotatable bonds is 6. The second-order valence-electron chi connectivity index (χ2n) is 7.72. The van der Waals surface area contributed by atoms with Gasteiger partial charge in [0.05, 0.1) is 12.8 Å². The molecule has 0 saturated carbocycles. The number of halogens is 3. The van der Waals surface area contributed by atoms with Crippen LogP contribution in [-0.4, -0.2) is 35.1 Å². The summed E-state index contributed by atoms with van der Waals surface area (Å²) in [6.45, 7) is 0.567. The Morgan fingerprint density at radius 1 is 1.18 bits per heavy atom. The van der Waals surface area contributed by atoms with E-state index < -0.39 is 27.2 Å². The summed E-state index contributed by atoms with van der Waals surface area (Å²) in [6.07, 6.45) is 3.00. The number of hydrogen-bond acceptors (Lipinski definition) is 5. The molecule has 2 aromatic carbocycles. The molecule has 174 valence electrons. The Morgan fingerprint density at radius 2 is 1.97 bits per heavy atom. The molecule has 33 heavy (non-hydrogen) atoms. The molecular weight excluding hydrogens is 476 g/mol. The van der Waals surface area contributed by atoms with Gasteiger partial charge in [-0.2, -0.15) is 4.31 Å². The summed E-state index contributed by atoms with van der Waals surface area (Å²) in [5, 5.41) is -0.256. The highest BCUT2D eigenvalue weighted by molar-refractivity contribution is 7.88. The number of sulfonamides is 1. The predicted octanol–water partition coefficient (Wildman–Crippen LogP) is 3.12. The average Bonchev–Trinajstić information content (AvgIpc) is 2.76. The van der Waals surface area contributed by atoms with Crippen LogP contribution in [0.15, 0.2) is 47.5 Å². The largest absolute Gasteiger partial charge is 0.471 e. The van der Waals surface area contributed by atoms with E-state index in [1.165, 1.54) is 27.5 Å². The standard InChI is InChI=1S/C22H20ClF2N3O4S/c1-33(30,31)28-8-7-18-14(3-2-4-15(18)11-28)10-27-13-26-21(20(23)22(27)29)32-12-16-5-6-17(24)9-19(16)25/h2-6,9,13H,7-8,10-12H2,1H3. The summed E-state index contributed by atoms with van der Waals surface area (Å²) >= 11 is 6.16. The molecule has 0 N–H and O–H groups in total. The zero-order chi connectivity index (χ0) is 23.8. The van der Waals surface area contributed by atoms with E-state index in [4.69, 9.17) is 16.3 Å². The molecule has 7 nitrogen and oxygen atoms in total. The Labute approximate surface area is 194 Å². The van der Waals surface area contributed by atoms with E-state index in [2.05, 4.69) is 4.98 Å². The number of hydrogen-bond donors (Lipinski definition) is 0. The van der Waals surface area contributed by atoms with Crippen LogP contribution >= 0.6 is 11.6 Å². The minimum absolute atomic E-state index is 0.0949. The van der Waals surface area contributed by atoms with Gasteiger partial charge in [-0.3, -0.25) is 9.36 Å². The first-order chi connectivity index (χ1) is 15.6. The van der Waals surface area contributed by atoms with Gasteiger partial charge in [0.15, 0.2) is 5.02 Å². The van der Waals surface area contributed by atoms with Gasteiger partial charge in [-0.15, -0.1) is 0 Å². The third-order valence-corrected chi connectivity index (χ3v) is 7.04. The molecule has 11 heteroatoms. The molecule has 3 aromatic rings. The van der Waals surface area contributed by atoms with Crippen molar-refractivity contribution in [3.05, 3.63) is 92.0 Å². The van der Waals surface area contributed by atoms with Crippen molar-refractivity contribution >= 4 is 21.6 Å². The quantitative estimate of drug-likeness (QED) is 0.525. The second-order valence-corrected chi connectivity index (χ2v) is 10.1. The lowest BCUT2D eigenvalue weighted by molar-refractivity contribution is 0.286. The number of benzene rings is 2. The van der Waals surface area contributed by atoms with Gasteiger partial charge in [-0.05, 0) is 35.2 Å². The molecule has 0 amide bonds. The summed E-state index contributed by atoms with van der Waals surface area (Å²) in [5.41, 5.74) is 2.30. The van der Waals surface area contributed by atoms with Crippen molar-refractivity contribution in [3.63, 3.8) is 0 Å². The first-order valence-electron chi connectivity index (χ1n) is 10.00. The predicted molar refractivity (Wildman–Crippen MR) is 119 cm³/mol. The van der Waals surface area contributed by atoms with Gasteiger partial charge in [-0.25, -0.2) is 22.2 Å². The minimum atomic E-state index is -3.29. The van der Waals surface area contributed by atoms with Crippen molar-refractivity contribution in [2.75, 3.05) is 12.8 Å². The molecule has 0 fully saturated rings. The van der Waals surface area contributed by atoms with Crippen molar-refractivity contribution in [1.29, 1.82) is 0 Å². The first-order valence-corrected chi connectivity index (χ1v) is 12.2. The van der Waals surface area contributed by atoms with Crippen LogP contribution in [0.5, 0.6) is 5.88 Å². The highest BCUT2D eigenvalue weighted by Gasteiger charge is 2.24. The van der Waals surface area contributed by atoms with Crippen LogP contribution in [-0.2, 0) is 36.1 Å². The van der Waals surface area contributed by atoms with Crippen molar-refractivity contribution in [2.24, 2.45) is 0 Å². The number of fused-ring (bicyclic) bond motifs is 1. The minimum Gasteiger partial charge on any atom is -0.471 e. The maximum Gasteiger partial charge on any atom is 0.276 e. The fraction of sp³-hybridized carbons (Fsp3) is 0.273. The fourth-order valence-electron chi connectivity index (χ4n) is 3.72. The van der Waals surface area contributed by atoms with Gasteiger partial charge >= 0.3 is 0 Å². The Balaban J connectivity index is 1.53. The lowest BCUT2D eigenvalue weighted by atomic mass is 9.95. The fourth-order valence-corrected chi connectivity index (χ4v) is 4.73. The monoisotopic (exact) mass is 495 g/mol. The van der Waals surface area contributed by atoms with Crippen LogP contribution in [0.3, 0.4) is 0 Å². The van der Waals surface area contributed by atoms with Crippen LogP contribution in [0.2, 0.25) is 5.02 Å². The molecule has 0 saturated heterocycles. The molecule has 2 heterocycles. The van der Waals surface area contributed by atoms with Gasteiger partial charge in [-0.1, -0.05) is 29.8 Å². The van der Waals surface area contributed by atoms with E-state index in [9.17, 15) is 22.0 Å². The Morgan fingerprint density at radius 3 is 2.70 bits per heavy atom. The topological polar surface area (TPSA) is 81.5 Å². The molecular formula is C22H20ClF2N3O4S. The Hall–Kier alpha value is -2.82. The van der Waals surface area contributed by atoms with Crippen molar-refractivity contribution in [3.8, 4) is 5.88 Å². The van der Waals surface area contributed by atoms with Crippen LogP contribution in [0, 0.1) is 11.6 Å². The van der Waals surface area contributed by atoms with E-state index in [0.717, 1.165) is 28.8 Å². The molecule has 0 bridgehead atoms. The molecule has 0 aliphatic carbocycles. The van der Waals surface area contributed by atoms with Gasteiger partial charge < -0.3 is 4.74 Å².